The van der Waals surface area contributed by atoms with Crippen molar-refractivity contribution in [3.63, 3.8) is 0 Å². The third-order valence-corrected chi connectivity index (χ3v) is 4.17. The van der Waals surface area contributed by atoms with Gasteiger partial charge < -0.3 is 5.11 Å². The number of nitrogens with zero attached hydrogens (tertiary/aromatic N) is 1. The van der Waals surface area contributed by atoms with Gasteiger partial charge in [-0.2, -0.15) is 0 Å². The Morgan fingerprint density at radius 2 is 1.83 bits per heavy atom. The molecular formula is C19H13BrFNO2. The molecule has 0 bridgehead atoms. The molecule has 3 rings (SSSR count). The first-order chi connectivity index (χ1) is 11.6. The Labute approximate surface area is 146 Å². The largest absolute Gasteiger partial charge is 0.478 e. The minimum Gasteiger partial charge on any atom is -0.478 e. The molecule has 0 radical (unpaired) electrons. The Kier molecular flexibility index (Phi) is 4.71. The zero-order valence-corrected chi connectivity index (χ0v) is 14.1. The fourth-order valence-electron chi connectivity index (χ4n) is 2.53. The summed E-state index contributed by atoms with van der Waals surface area (Å²) < 4.78 is 15.8. The van der Waals surface area contributed by atoms with Crippen LogP contribution in [0.15, 0.2) is 65.3 Å². The number of aromatic carboxylic acids is 1. The van der Waals surface area contributed by atoms with Crippen molar-refractivity contribution in [3.05, 3.63) is 87.8 Å². The minimum absolute atomic E-state index is 0.0304. The van der Waals surface area contributed by atoms with Gasteiger partial charge in [-0.25, -0.2) is 9.18 Å². The molecule has 0 aliphatic rings. The van der Waals surface area contributed by atoms with Crippen LogP contribution < -0.4 is 0 Å². The van der Waals surface area contributed by atoms with Crippen LogP contribution >= 0.6 is 15.9 Å². The molecule has 2 aromatic carbocycles. The number of hydrogen-bond acceptors (Lipinski definition) is 2. The summed E-state index contributed by atoms with van der Waals surface area (Å²) in [6, 6.07) is 15.6. The maximum Gasteiger partial charge on any atom is 0.336 e. The Hall–Kier alpha value is -2.53. The van der Waals surface area contributed by atoms with E-state index in [9.17, 15) is 9.90 Å². The van der Waals surface area contributed by atoms with E-state index in [0.717, 1.165) is 10.0 Å². The van der Waals surface area contributed by atoms with Crippen LogP contribution in [0, 0.1) is 5.82 Å². The topological polar surface area (TPSA) is 50.2 Å². The highest BCUT2D eigenvalue weighted by atomic mass is 79.9. The third kappa shape index (κ3) is 3.36. The molecule has 1 aromatic heterocycles. The zero-order valence-electron chi connectivity index (χ0n) is 12.5. The number of aromatic nitrogens is 1. The maximum atomic E-state index is 15.1. The highest BCUT2D eigenvalue weighted by Crippen LogP contribution is 2.28. The molecule has 0 amide bonds. The summed E-state index contributed by atoms with van der Waals surface area (Å²) >= 11 is 3.29. The highest BCUT2D eigenvalue weighted by molar-refractivity contribution is 9.10. The summed E-state index contributed by atoms with van der Waals surface area (Å²) in [6.45, 7) is 0. The van der Waals surface area contributed by atoms with Gasteiger partial charge in [0.1, 0.15) is 5.82 Å². The Bertz CT molecular complexity index is 880. The number of carbonyl (C=O) groups is 1. The standard InChI is InChI=1S/C19H13BrFNO2/c20-13-6-9-17(22-11-13)15-8-7-14(19(23)24)16(18(15)21)10-12-4-2-1-3-5-12/h1-9,11H,10H2,(H,23,24). The van der Waals surface area contributed by atoms with E-state index in [0.29, 0.717) is 11.3 Å². The summed E-state index contributed by atoms with van der Waals surface area (Å²) in [4.78, 5) is 15.7. The lowest BCUT2D eigenvalue weighted by atomic mass is 9.95. The van der Waals surface area contributed by atoms with Gasteiger partial charge in [-0.3, -0.25) is 4.98 Å². The van der Waals surface area contributed by atoms with Gasteiger partial charge in [0, 0.05) is 28.2 Å². The van der Waals surface area contributed by atoms with Gasteiger partial charge in [0.25, 0.3) is 0 Å². The van der Waals surface area contributed by atoms with Crippen molar-refractivity contribution in [1.82, 2.24) is 4.98 Å². The smallest absolute Gasteiger partial charge is 0.336 e. The lowest BCUT2D eigenvalue weighted by Crippen LogP contribution is -2.07. The predicted octanol–water partition coefficient (Wildman–Crippen LogP) is 4.94. The zero-order chi connectivity index (χ0) is 17.1. The van der Waals surface area contributed by atoms with Crippen molar-refractivity contribution in [1.29, 1.82) is 0 Å². The number of benzene rings is 2. The molecule has 0 spiro atoms. The Morgan fingerprint density at radius 3 is 2.46 bits per heavy atom. The fourth-order valence-corrected chi connectivity index (χ4v) is 2.76. The summed E-state index contributed by atoms with van der Waals surface area (Å²) in [6.07, 6.45) is 1.79. The molecule has 0 unspecified atom stereocenters. The van der Waals surface area contributed by atoms with E-state index in [1.54, 1.807) is 18.3 Å². The van der Waals surface area contributed by atoms with Crippen LogP contribution in [0.25, 0.3) is 11.3 Å². The first-order valence-electron chi connectivity index (χ1n) is 7.27. The van der Waals surface area contributed by atoms with E-state index in [4.69, 9.17) is 0 Å². The van der Waals surface area contributed by atoms with E-state index in [-0.39, 0.29) is 17.5 Å². The van der Waals surface area contributed by atoms with Crippen LogP contribution in [0.3, 0.4) is 0 Å². The second-order valence-corrected chi connectivity index (χ2v) is 6.20. The second-order valence-electron chi connectivity index (χ2n) is 5.28. The number of hydrogen-bond donors (Lipinski definition) is 1. The number of carboxylic acids is 1. The Morgan fingerprint density at radius 1 is 1.08 bits per heavy atom. The molecule has 1 heterocycles. The summed E-state index contributed by atoms with van der Waals surface area (Å²) in [5, 5.41) is 9.38. The van der Waals surface area contributed by atoms with E-state index in [1.807, 2.05) is 30.3 Å². The van der Waals surface area contributed by atoms with Crippen LogP contribution in [0.2, 0.25) is 0 Å². The van der Waals surface area contributed by atoms with Crippen LogP contribution in [0.5, 0.6) is 0 Å². The highest BCUT2D eigenvalue weighted by Gasteiger charge is 2.19. The number of rotatable bonds is 4. The average molecular weight is 386 g/mol. The van der Waals surface area contributed by atoms with Gasteiger partial charge >= 0.3 is 5.97 Å². The van der Waals surface area contributed by atoms with Crippen LogP contribution in [0.1, 0.15) is 21.5 Å². The van der Waals surface area contributed by atoms with Crippen LogP contribution in [-0.4, -0.2) is 16.1 Å². The maximum absolute atomic E-state index is 15.1. The Balaban J connectivity index is 2.12. The van der Waals surface area contributed by atoms with Crippen molar-refractivity contribution in [3.8, 4) is 11.3 Å². The quantitative estimate of drug-likeness (QED) is 0.691. The fraction of sp³-hybridized carbons (Fsp3) is 0.0526. The number of pyridine rings is 1. The third-order valence-electron chi connectivity index (χ3n) is 3.70. The van der Waals surface area contributed by atoms with Gasteiger partial charge in [0.2, 0.25) is 0 Å². The summed E-state index contributed by atoms with van der Waals surface area (Å²) in [5.41, 5.74) is 1.73. The molecule has 0 aliphatic heterocycles. The number of halogens is 2. The van der Waals surface area contributed by atoms with Gasteiger partial charge in [-0.1, -0.05) is 30.3 Å². The molecule has 3 nitrogen and oxygen atoms in total. The molecule has 0 saturated carbocycles. The lowest BCUT2D eigenvalue weighted by Gasteiger charge is -2.12. The average Bonchev–Trinajstić information content (AvgIpc) is 2.58. The van der Waals surface area contributed by atoms with E-state index >= 15 is 4.39 Å². The normalized spacial score (nSPS) is 10.6. The molecule has 120 valence electrons. The molecule has 0 fully saturated rings. The van der Waals surface area contributed by atoms with Crippen molar-refractivity contribution in [2.75, 3.05) is 0 Å². The molecular weight excluding hydrogens is 373 g/mol. The van der Waals surface area contributed by atoms with E-state index in [1.165, 1.54) is 12.1 Å². The minimum atomic E-state index is -1.14. The van der Waals surface area contributed by atoms with Gasteiger partial charge in [-0.05, 0) is 45.8 Å². The predicted molar refractivity (Wildman–Crippen MR) is 93.5 cm³/mol. The molecule has 0 atom stereocenters. The summed E-state index contributed by atoms with van der Waals surface area (Å²) in [7, 11) is 0. The van der Waals surface area contributed by atoms with Crippen molar-refractivity contribution < 1.29 is 14.3 Å². The van der Waals surface area contributed by atoms with Crippen molar-refractivity contribution in [2.45, 2.75) is 6.42 Å². The molecule has 24 heavy (non-hydrogen) atoms. The number of carboxylic acid groups (broad SMARTS) is 1. The van der Waals surface area contributed by atoms with Gasteiger partial charge in [0.05, 0.1) is 11.3 Å². The van der Waals surface area contributed by atoms with Gasteiger partial charge in [0.15, 0.2) is 0 Å². The van der Waals surface area contributed by atoms with Crippen LogP contribution in [0.4, 0.5) is 4.39 Å². The molecule has 1 N–H and O–H groups in total. The van der Waals surface area contributed by atoms with E-state index in [2.05, 4.69) is 20.9 Å². The second kappa shape index (κ2) is 6.93. The first-order valence-corrected chi connectivity index (χ1v) is 8.06. The summed E-state index contributed by atoms with van der Waals surface area (Å²) in [5.74, 6) is -1.69. The SMILES string of the molecule is O=C(O)c1ccc(-c2ccc(Br)cn2)c(F)c1Cc1ccccc1. The van der Waals surface area contributed by atoms with E-state index < -0.39 is 11.8 Å². The molecule has 0 saturated heterocycles. The molecule has 3 aromatic rings. The van der Waals surface area contributed by atoms with Gasteiger partial charge in [-0.15, -0.1) is 0 Å². The van der Waals surface area contributed by atoms with Crippen molar-refractivity contribution >= 4 is 21.9 Å². The van der Waals surface area contributed by atoms with Crippen LogP contribution in [-0.2, 0) is 6.42 Å². The lowest BCUT2D eigenvalue weighted by molar-refractivity contribution is 0.0695. The monoisotopic (exact) mass is 385 g/mol. The molecule has 5 heteroatoms. The first kappa shape index (κ1) is 16.3. The van der Waals surface area contributed by atoms with Crippen molar-refractivity contribution in [2.24, 2.45) is 0 Å². The molecule has 0 aliphatic carbocycles.